The monoisotopic (exact) mass is 1030 g/mol. The number of phenols is 2. The Hall–Kier alpha value is -8.40. The van der Waals surface area contributed by atoms with Crippen molar-refractivity contribution in [1.82, 2.24) is 9.80 Å². The van der Waals surface area contributed by atoms with Gasteiger partial charge in [0.15, 0.2) is 0 Å². The second-order valence-electron chi connectivity index (χ2n) is 21.9. The van der Waals surface area contributed by atoms with Gasteiger partial charge < -0.3 is 19.7 Å². The third-order valence-electron chi connectivity index (χ3n) is 14.5. The molecule has 1 aliphatic carbocycles. The number of aromatic hydroxyl groups is 2. The van der Waals surface area contributed by atoms with Gasteiger partial charge in [0.25, 0.3) is 35.0 Å². The molecule has 0 radical (unpaired) electrons. The van der Waals surface area contributed by atoms with E-state index in [1.54, 1.807) is 48.5 Å². The van der Waals surface area contributed by atoms with Gasteiger partial charge in [-0.3, -0.25) is 49.2 Å². The van der Waals surface area contributed by atoms with E-state index in [2.05, 4.69) is 0 Å². The number of non-ortho nitro benzene ring substituents is 2. The molecule has 2 N–H and O–H groups in total. The van der Waals surface area contributed by atoms with Gasteiger partial charge in [-0.2, -0.15) is 0 Å². The molecule has 392 valence electrons. The van der Waals surface area contributed by atoms with Crippen LogP contribution in [0.4, 0.5) is 11.4 Å². The highest BCUT2D eigenvalue weighted by atomic mass is 16.6. The number of phenolic OH excluding ortho intramolecular Hbond substituents is 2. The summed E-state index contributed by atoms with van der Waals surface area (Å²) in [4.78, 5) is 79.5. The summed E-state index contributed by atoms with van der Waals surface area (Å²) in [6, 6.07) is 26.4. The molecule has 6 aromatic rings. The second kappa shape index (κ2) is 20.7. The molecule has 8 bridgehead atoms. The SMILES string of the molecule is CC(C)(C)c1cc2c(OCCCCN3C(=O)c4ccccc4C3=O)c(c1)Cc1cc([N+](=O)[O-])cc(c1O)Cc1cc(C(C)(C)C)cc(c1OCCCCN1C(=O)c3ccccc3C1=O)Cc1cc([N+](=O)[O-])cc(c1O)C2. The van der Waals surface area contributed by atoms with Crippen LogP contribution in [0.5, 0.6) is 23.0 Å². The standard InChI is InChI=1S/C60H60N4O12/c1-59(2,3)43-27-39-23-35-31-45(63(71)72)33-37(51(35)65)25-41-29-44(60(4,5)6)30-42(54(41)76-22-14-12-20-62-57(69)49-17-9-10-18-50(49)58(62)70)26-38-34-46(64(73)74)32-36(52(38)66)24-40(28-43)53(39)75-21-13-11-19-61-55(67)47-15-7-8-16-48(47)56(61)68/h7-10,15-18,27-34,65-66H,11-14,19-26H2,1-6H3. The third kappa shape index (κ3) is 10.5. The van der Waals surface area contributed by atoms with Gasteiger partial charge in [0.05, 0.1) is 45.3 Å². The van der Waals surface area contributed by atoms with Gasteiger partial charge in [-0.05, 0) is 94.2 Å². The summed E-state index contributed by atoms with van der Waals surface area (Å²) in [6.07, 6.45) is 1.43. The summed E-state index contributed by atoms with van der Waals surface area (Å²) in [5, 5.41) is 50.4. The maximum Gasteiger partial charge on any atom is 0.270 e. The molecule has 0 saturated carbocycles. The molecule has 0 fully saturated rings. The fraction of sp³-hybridized carbons (Fsp3) is 0.333. The van der Waals surface area contributed by atoms with E-state index in [4.69, 9.17) is 9.47 Å². The topological polar surface area (TPSA) is 220 Å². The Bertz CT molecular complexity index is 3000. The largest absolute Gasteiger partial charge is 0.507 e. The van der Waals surface area contributed by atoms with Gasteiger partial charge in [0.2, 0.25) is 0 Å². The first kappa shape index (κ1) is 52.5. The number of benzene rings is 6. The van der Waals surface area contributed by atoms with Crippen molar-refractivity contribution in [2.24, 2.45) is 0 Å². The number of hydrogen-bond acceptors (Lipinski definition) is 12. The number of amides is 4. The van der Waals surface area contributed by atoms with Crippen LogP contribution in [0.2, 0.25) is 0 Å². The van der Waals surface area contributed by atoms with Crippen molar-refractivity contribution in [2.45, 2.75) is 104 Å². The summed E-state index contributed by atoms with van der Waals surface area (Å²) in [5.41, 5.74) is 4.85. The molecule has 3 aliphatic rings. The molecular formula is C60H60N4O12. The van der Waals surface area contributed by atoms with Gasteiger partial charge in [-0.1, -0.05) is 90.1 Å². The number of fused-ring (bicyclic) bond motifs is 10. The average molecular weight is 1030 g/mol. The first-order chi connectivity index (χ1) is 36.1. The number of nitrogens with zero attached hydrogens (tertiary/aromatic N) is 4. The minimum Gasteiger partial charge on any atom is -0.507 e. The molecule has 0 aromatic heterocycles. The zero-order valence-corrected chi connectivity index (χ0v) is 43.5. The minimum atomic E-state index is -0.501. The molecule has 0 saturated heterocycles. The highest BCUT2D eigenvalue weighted by molar-refractivity contribution is 6.22. The number of carbonyl (C=O) groups excluding carboxylic acids is 4. The lowest BCUT2D eigenvalue weighted by Crippen LogP contribution is -2.30. The van der Waals surface area contributed by atoms with E-state index in [0.717, 1.165) is 11.1 Å². The van der Waals surface area contributed by atoms with Gasteiger partial charge in [-0.25, -0.2) is 0 Å². The number of nitro benzene ring substituents is 2. The van der Waals surface area contributed by atoms with Gasteiger partial charge in [0.1, 0.15) is 23.0 Å². The van der Waals surface area contributed by atoms with Crippen molar-refractivity contribution >= 4 is 35.0 Å². The Morgan fingerprint density at radius 1 is 0.461 bits per heavy atom. The molecule has 0 unspecified atom stereocenters. The molecule has 16 heteroatoms. The van der Waals surface area contributed by atoms with Crippen LogP contribution in [-0.2, 0) is 36.5 Å². The predicted octanol–water partition coefficient (Wildman–Crippen LogP) is 11.1. The molecule has 4 amide bonds. The van der Waals surface area contributed by atoms with Crippen LogP contribution in [0, 0.1) is 20.2 Å². The van der Waals surface area contributed by atoms with E-state index in [0.29, 0.717) is 81.7 Å². The maximum atomic E-state index is 13.1. The number of hydrogen-bond donors (Lipinski definition) is 2. The lowest BCUT2D eigenvalue weighted by molar-refractivity contribution is -0.385. The van der Waals surface area contributed by atoms with Crippen LogP contribution < -0.4 is 9.47 Å². The Morgan fingerprint density at radius 2 is 0.737 bits per heavy atom. The van der Waals surface area contributed by atoms with Gasteiger partial charge in [-0.15, -0.1) is 0 Å². The summed E-state index contributed by atoms with van der Waals surface area (Å²) < 4.78 is 13.3. The van der Waals surface area contributed by atoms with E-state index < -0.39 is 20.7 Å². The Labute approximate surface area is 440 Å². The molecule has 9 rings (SSSR count). The summed E-state index contributed by atoms with van der Waals surface area (Å²) in [5.74, 6) is -1.07. The number of imide groups is 2. The van der Waals surface area contributed by atoms with Crippen molar-refractivity contribution in [1.29, 1.82) is 0 Å². The quantitative estimate of drug-likeness (QED) is 0.0450. The Morgan fingerprint density at radius 3 is 0.987 bits per heavy atom. The maximum absolute atomic E-state index is 13.1. The number of rotatable bonds is 14. The fourth-order valence-electron chi connectivity index (χ4n) is 10.3. The predicted molar refractivity (Wildman–Crippen MR) is 284 cm³/mol. The van der Waals surface area contributed by atoms with E-state index >= 15 is 0 Å². The highest BCUT2D eigenvalue weighted by Gasteiger charge is 2.36. The van der Waals surface area contributed by atoms with Gasteiger partial charge in [0, 0.05) is 85.3 Å². The molecule has 16 nitrogen and oxygen atoms in total. The Kier molecular flexibility index (Phi) is 14.3. The molecule has 6 aromatic carbocycles. The normalized spacial score (nSPS) is 14.2. The molecule has 76 heavy (non-hydrogen) atoms. The Balaban J connectivity index is 1.11. The van der Waals surface area contributed by atoms with Crippen molar-refractivity contribution in [3.8, 4) is 23.0 Å². The average Bonchev–Trinajstić information content (AvgIpc) is 3.77. The zero-order chi connectivity index (χ0) is 54.4. The number of unbranched alkanes of at least 4 members (excludes halogenated alkanes) is 2. The van der Waals surface area contributed by atoms with Crippen LogP contribution in [0.25, 0.3) is 0 Å². The highest BCUT2D eigenvalue weighted by Crippen LogP contribution is 2.43. The number of carbonyl (C=O) groups is 4. The number of nitro groups is 2. The van der Waals surface area contributed by atoms with E-state index in [1.165, 1.54) is 34.1 Å². The number of ether oxygens (including phenoxy) is 2. The van der Waals surface area contributed by atoms with Crippen LogP contribution >= 0.6 is 0 Å². The van der Waals surface area contributed by atoms with Crippen LogP contribution in [0.15, 0.2) is 97.1 Å². The van der Waals surface area contributed by atoms with Crippen molar-refractivity contribution in [2.75, 3.05) is 26.3 Å². The first-order valence-electron chi connectivity index (χ1n) is 25.6. The smallest absolute Gasteiger partial charge is 0.270 e. The minimum absolute atomic E-state index is 0.0439. The second-order valence-corrected chi connectivity index (χ2v) is 21.9. The van der Waals surface area contributed by atoms with E-state index in [-0.39, 0.29) is 121 Å². The first-order valence-corrected chi connectivity index (χ1v) is 25.6. The molecule has 0 atom stereocenters. The van der Waals surface area contributed by atoms with Crippen LogP contribution in [-0.4, -0.2) is 79.8 Å². The molecule has 0 spiro atoms. The van der Waals surface area contributed by atoms with E-state index in [9.17, 15) is 49.6 Å². The van der Waals surface area contributed by atoms with Crippen LogP contribution in [0.1, 0.15) is 164 Å². The molecule has 2 heterocycles. The molecular weight excluding hydrogens is 969 g/mol. The summed E-state index contributed by atoms with van der Waals surface area (Å²) >= 11 is 0. The lowest BCUT2D eigenvalue weighted by atomic mass is 9.81. The van der Waals surface area contributed by atoms with Crippen molar-refractivity contribution in [3.05, 3.63) is 195 Å². The third-order valence-corrected chi connectivity index (χ3v) is 14.5. The van der Waals surface area contributed by atoms with Crippen molar-refractivity contribution < 1.29 is 48.7 Å². The lowest BCUT2D eigenvalue weighted by Gasteiger charge is -2.26. The fourth-order valence-corrected chi connectivity index (χ4v) is 10.3. The van der Waals surface area contributed by atoms with E-state index in [1.807, 2.05) is 65.8 Å². The van der Waals surface area contributed by atoms with Gasteiger partial charge >= 0.3 is 0 Å². The van der Waals surface area contributed by atoms with Crippen LogP contribution in [0.3, 0.4) is 0 Å². The summed E-state index contributed by atoms with van der Waals surface area (Å²) in [6.45, 7) is 12.6. The summed E-state index contributed by atoms with van der Waals surface area (Å²) in [7, 11) is 0. The molecule has 2 aliphatic heterocycles. The van der Waals surface area contributed by atoms with Crippen molar-refractivity contribution in [3.63, 3.8) is 0 Å². The zero-order valence-electron chi connectivity index (χ0n) is 43.5.